The summed E-state index contributed by atoms with van der Waals surface area (Å²) in [4.78, 5) is 18.7. The van der Waals surface area contributed by atoms with E-state index in [0.717, 1.165) is 26.7 Å². The van der Waals surface area contributed by atoms with Crippen LogP contribution < -0.4 is 16.6 Å². The molecule has 0 unspecified atom stereocenters. The first kappa shape index (κ1) is 19.5. The molecule has 2 aromatic heterocycles. The van der Waals surface area contributed by atoms with E-state index >= 15 is 0 Å². The molecule has 8 nitrogen and oxygen atoms in total. The van der Waals surface area contributed by atoms with Gasteiger partial charge in [0.15, 0.2) is 0 Å². The second-order valence-electron chi connectivity index (χ2n) is 6.86. The van der Waals surface area contributed by atoms with Crippen molar-refractivity contribution >= 4 is 55.6 Å². The number of nitrogens with two attached hydrogens (primary N) is 2. The van der Waals surface area contributed by atoms with Gasteiger partial charge in [0.25, 0.3) is 11.7 Å². The summed E-state index contributed by atoms with van der Waals surface area (Å²) in [6.45, 7) is 0. The van der Waals surface area contributed by atoms with Gasteiger partial charge in [0.1, 0.15) is 11.0 Å². The topological polar surface area (TPSA) is 122 Å². The second-order valence-corrected chi connectivity index (χ2v) is 7.78. The zero-order chi connectivity index (χ0) is 21.3. The minimum atomic E-state index is -0.0597. The maximum Gasteiger partial charge on any atom is 0.273 e. The van der Waals surface area contributed by atoms with E-state index in [-0.39, 0.29) is 11.7 Å². The van der Waals surface area contributed by atoms with Crippen molar-refractivity contribution < 1.29 is 10.3 Å². The van der Waals surface area contributed by atoms with E-state index in [1.54, 1.807) is 36.4 Å². The molecule has 0 atom stereocenters. The van der Waals surface area contributed by atoms with Gasteiger partial charge in [-0.05, 0) is 41.8 Å². The smallest absolute Gasteiger partial charge is 0.273 e. The van der Waals surface area contributed by atoms with Gasteiger partial charge in [-0.2, -0.15) is 5.53 Å². The van der Waals surface area contributed by atoms with Gasteiger partial charge in [-0.25, -0.2) is 4.98 Å². The lowest BCUT2D eigenvalue weighted by molar-refractivity contribution is -0.221. The van der Waals surface area contributed by atoms with Crippen LogP contribution in [0, 0.1) is 0 Å². The van der Waals surface area contributed by atoms with E-state index in [0.29, 0.717) is 16.9 Å². The molecule has 0 aliphatic rings. The van der Waals surface area contributed by atoms with Crippen LogP contribution in [-0.4, -0.2) is 35.7 Å². The van der Waals surface area contributed by atoms with E-state index in [1.807, 2.05) is 47.8 Å². The lowest BCUT2D eigenvalue weighted by atomic mass is 10.1. The van der Waals surface area contributed by atoms with Crippen LogP contribution in [0.4, 0.5) is 11.5 Å². The fourth-order valence-corrected chi connectivity index (χ4v) is 4.13. The normalized spacial score (nSPS) is 11.6. The number of pyridine rings is 1. The largest absolute Gasteiger partial charge is 0.360 e. The fourth-order valence-electron chi connectivity index (χ4n) is 3.20. The first-order chi connectivity index (χ1) is 14.5. The number of rotatable bonds is 5. The zero-order valence-electron chi connectivity index (χ0n) is 16.5. The summed E-state index contributed by atoms with van der Waals surface area (Å²) in [7, 11) is 3.46. The third-order valence-corrected chi connectivity index (χ3v) is 5.58. The van der Waals surface area contributed by atoms with E-state index in [9.17, 15) is 4.79 Å². The summed E-state index contributed by atoms with van der Waals surface area (Å²) in [6, 6.07) is 15.1. The Bertz CT molecular complexity index is 1310. The molecule has 0 radical (unpaired) electrons. The van der Waals surface area contributed by atoms with Gasteiger partial charge in [-0.15, -0.1) is 11.3 Å². The molecule has 0 fully saturated rings. The summed E-state index contributed by atoms with van der Waals surface area (Å²) < 4.78 is 1.11. The van der Waals surface area contributed by atoms with Gasteiger partial charge < -0.3 is 16.0 Å². The van der Waals surface area contributed by atoms with Crippen LogP contribution >= 0.6 is 11.3 Å². The zero-order valence-corrected chi connectivity index (χ0v) is 17.3. The van der Waals surface area contributed by atoms with Crippen LogP contribution in [0.25, 0.3) is 21.0 Å². The van der Waals surface area contributed by atoms with Crippen molar-refractivity contribution in [1.29, 1.82) is 0 Å². The van der Waals surface area contributed by atoms with E-state index in [4.69, 9.17) is 16.2 Å². The number of carbonyl (C=O) groups is 1. The van der Waals surface area contributed by atoms with Crippen molar-refractivity contribution in [3.8, 4) is 0 Å². The fraction of sp³-hybridized carbons (Fsp3) is 0.0952. The summed E-state index contributed by atoms with van der Waals surface area (Å²) in [6.07, 6.45) is 0. The molecule has 0 aliphatic heterocycles. The molecule has 0 saturated carbocycles. The Kier molecular flexibility index (Phi) is 5.11. The predicted octanol–water partition coefficient (Wildman–Crippen LogP) is 2.73. The number of benzene rings is 2. The lowest BCUT2D eigenvalue weighted by Gasteiger charge is -2.13. The Balaban J connectivity index is 1.81. The highest BCUT2D eigenvalue weighted by Crippen LogP contribution is 2.35. The minimum Gasteiger partial charge on any atom is -0.360 e. The predicted molar refractivity (Wildman–Crippen MR) is 120 cm³/mol. The highest BCUT2D eigenvalue weighted by atomic mass is 32.1. The lowest BCUT2D eigenvalue weighted by Crippen LogP contribution is -2.23. The summed E-state index contributed by atoms with van der Waals surface area (Å²) in [5, 5.41) is 14.4. The number of carbonyl (C=O) groups excluding carboxylic acids is 1. The van der Waals surface area contributed by atoms with Crippen LogP contribution in [0.2, 0.25) is 0 Å². The Labute approximate surface area is 176 Å². The molecule has 1 amide bonds. The van der Waals surface area contributed by atoms with Crippen molar-refractivity contribution in [3.05, 3.63) is 65.0 Å². The standard InChI is InChI=1S/C21H19N7OS/c1-28(2)21(29)13-4-3-5-14(10-13)24-20-16-8-9-30-18(16)15-7-6-12(11-17(15)25-20)19(22)26-27-23/h3-11H,1-2H3,(H,24,25)(H3,22,23,26)/p+1. The summed E-state index contributed by atoms with van der Waals surface area (Å²) >= 11 is 1.64. The molecule has 4 rings (SSSR count). The molecule has 4 aromatic rings. The Morgan fingerprint density at radius 3 is 2.73 bits per heavy atom. The number of nitrogens with one attached hydrogen (secondary N) is 1. The molecule has 0 aliphatic carbocycles. The Morgan fingerprint density at radius 1 is 1.13 bits per heavy atom. The first-order valence-corrected chi connectivity index (χ1v) is 9.99. The molecule has 0 saturated heterocycles. The molecular formula is C21H20N7OS+. The molecule has 5 N–H and O–H groups in total. The van der Waals surface area contributed by atoms with Crippen molar-refractivity contribution in [2.24, 2.45) is 16.1 Å². The van der Waals surface area contributed by atoms with Gasteiger partial charge in [-0.1, -0.05) is 12.1 Å². The van der Waals surface area contributed by atoms with Gasteiger partial charge >= 0.3 is 0 Å². The van der Waals surface area contributed by atoms with Crippen molar-refractivity contribution in [3.63, 3.8) is 0 Å². The van der Waals surface area contributed by atoms with Gasteiger partial charge in [0.2, 0.25) is 0 Å². The Hall–Kier alpha value is -3.85. The molecular weight excluding hydrogens is 398 g/mol. The molecule has 2 heterocycles. The molecule has 0 spiro atoms. The van der Waals surface area contributed by atoms with E-state index < -0.39 is 0 Å². The maximum atomic E-state index is 12.3. The van der Waals surface area contributed by atoms with Gasteiger partial charge in [-0.3, -0.25) is 4.79 Å². The third kappa shape index (κ3) is 3.58. The van der Waals surface area contributed by atoms with Gasteiger partial charge in [0.05, 0.1) is 10.6 Å². The number of amides is 1. The third-order valence-electron chi connectivity index (χ3n) is 4.63. The number of fused-ring (bicyclic) bond motifs is 3. The number of aromatic nitrogens is 1. The van der Waals surface area contributed by atoms with Crippen LogP contribution in [-0.2, 0) is 0 Å². The van der Waals surface area contributed by atoms with Crippen LogP contribution in [0.3, 0.4) is 0 Å². The number of anilines is 2. The first-order valence-electron chi connectivity index (χ1n) is 9.11. The number of hydrogen-bond donors (Lipinski definition) is 3. The molecule has 2 aromatic carbocycles. The average Bonchev–Trinajstić information content (AvgIpc) is 3.23. The van der Waals surface area contributed by atoms with Crippen LogP contribution in [0.1, 0.15) is 15.9 Å². The average molecular weight is 419 g/mol. The highest BCUT2D eigenvalue weighted by molar-refractivity contribution is 7.18. The molecule has 0 bridgehead atoms. The quantitative estimate of drug-likeness (QED) is 0.200. The van der Waals surface area contributed by atoms with E-state index in [2.05, 4.69) is 15.6 Å². The Morgan fingerprint density at radius 2 is 1.97 bits per heavy atom. The van der Waals surface area contributed by atoms with Crippen LogP contribution in [0.15, 0.2) is 64.2 Å². The van der Waals surface area contributed by atoms with Gasteiger partial charge in [0, 0.05) is 46.4 Å². The number of nitrogens with zero attached hydrogens (tertiary/aromatic N) is 4. The SMILES string of the molecule is CN(C)C(=O)c1cccc(Nc2nc3cc(/C(N)=N/N=[NH2+])ccc3c3sccc23)c1. The monoisotopic (exact) mass is 418 g/mol. The molecule has 30 heavy (non-hydrogen) atoms. The van der Waals surface area contributed by atoms with Crippen LogP contribution in [0.5, 0.6) is 0 Å². The van der Waals surface area contributed by atoms with E-state index in [1.165, 1.54) is 0 Å². The second kappa shape index (κ2) is 7.88. The number of hydrogen-bond acceptors (Lipinski definition) is 5. The number of amidine groups is 1. The minimum absolute atomic E-state index is 0.0597. The number of thiophene rings is 1. The van der Waals surface area contributed by atoms with Crippen molar-refractivity contribution in [1.82, 2.24) is 9.88 Å². The molecule has 9 heteroatoms. The molecule has 150 valence electrons. The van der Waals surface area contributed by atoms with Crippen molar-refractivity contribution in [2.75, 3.05) is 19.4 Å². The maximum absolute atomic E-state index is 12.3. The summed E-state index contributed by atoms with van der Waals surface area (Å²) in [5.41, 5.74) is 13.9. The van der Waals surface area contributed by atoms with Crippen molar-refractivity contribution in [2.45, 2.75) is 0 Å². The highest BCUT2D eigenvalue weighted by Gasteiger charge is 2.14. The summed E-state index contributed by atoms with van der Waals surface area (Å²) in [5.74, 6) is 0.858.